The second kappa shape index (κ2) is 3.32. The van der Waals surface area contributed by atoms with Gasteiger partial charge in [-0.05, 0) is 25.1 Å². The molecule has 0 bridgehead atoms. The average molecular weight is 267 g/mol. The molecule has 1 aliphatic heterocycles. The first kappa shape index (κ1) is 9.36. The normalized spacial score (nSPS) is 20.5. The van der Waals surface area contributed by atoms with Crippen molar-refractivity contribution in [1.29, 1.82) is 0 Å². The Morgan fingerprint density at radius 3 is 3.27 bits per heavy atom. The van der Waals surface area contributed by atoms with Crippen LogP contribution in [-0.2, 0) is 17.9 Å². The maximum Gasteiger partial charge on any atom is 0.136 e. The number of fused-ring (bicyclic) bond motifs is 3. The lowest BCUT2D eigenvalue weighted by atomic mass is 10.3. The van der Waals surface area contributed by atoms with E-state index >= 15 is 0 Å². The highest BCUT2D eigenvalue weighted by atomic mass is 79.9. The average Bonchev–Trinajstić information content (AvgIpc) is 2.54. The molecule has 0 radical (unpaired) electrons. The number of hydrogen-bond acceptors (Lipinski definition) is 2. The molecule has 1 aliphatic rings. The number of benzene rings is 1. The van der Waals surface area contributed by atoms with Crippen molar-refractivity contribution < 1.29 is 4.74 Å². The van der Waals surface area contributed by atoms with E-state index in [4.69, 9.17) is 4.74 Å². The van der Waals surface area contributed by atoms with Gasteiger partial charge in [-0.15, -0.1) is 0 Å². The topological polar surface area (TPSA) is 27.1 Å². The van der Waals surface area contributed by atoms with Gasteiger partial charge in [-0.25, -0.2) is 4.98 Å². The van der Waals surface area contributed by atoms with E-state index in [1.807, 2.05) is 6.07 Å². The second-order valence-corrected chi connectivity index (χ2v) is 4.81. The standard InChI is InChI=1S/C11H11BrN2O/c1-7-5-14-10-3-2-8(12)4-9(10)13-11(14)6-15-7/h2-4,7H,5-6H2,1H3/t7-/m0/s1. The van der Waals surface area contributed by atoms with Gasteiger partial charge in [0.05, 0.1) is 23.7 Å². The van der Waals surface area contributed by atoms with Gasteiger partial charge in [0.15, 0.2) is 0 Å². The van der Waals surface area contributed by atoms with Gasteiger partial charge >= 0.3 is 0 Å². The number of imidazole rings is 1. The van der Waals surface area contributed by atoms with E-state index < -0.39 is 0 Å². The first-order chi connectivity index (χ1) is 7.24. The molecular formula is C11H11BrN2O. The Bertz CT molecular complexity index is 521. The molecule has 0 amide bonds. The van der Waals surface area contributed by atoms with Crippen molar-refractivity contribution >= 4 is 27.0 Å². The Morgan fingerprint density at radius 2 is 2.40 bits per heavy atom. The molecule has 1 aromatic carbocycles. The van der Waals surface area contributed by atoms with Crippen LogP contribution in [0.3, 0.4) is 0 Å². The third kappa shape index (κ3) is 1.48. The smallest absolute Gasteiger partial charge is 0.136 e. The minimum absolute atomic E-state index is 0.276. The van der Waals surface area contributed by atoms with Crippen molar-refractivity contribution in [3.8, 4) is 0 Å². The number of aromatic nitrogens is 2. The van der Waals surface area contributed by atoms with Crippen LogP contribution in [0.1, 0.15) is 12.7 Å². The van der Waals surface area contributed by atoms with Crippen LogP contribution < -0.4 is 0 Å². The number of nitrogens with zero attached hydrogens (tertiary/aromatic N) is 2. The van der Waals surface area contributed by atoms with Crippen molar-refractivity contribution in [2.24, 2.45) is 0 Å². The van der Waals surface area contributed by atoms with Crippen LogP contribution in [0, 0.1) is 0 Å². The molecule has 0 saturated carbocycles. The van der Waals surface area contributed by atoms with Crippen LogP contribution in [0.2, 0.25) is 0 Å². The molecule has 0 spiro atoms. The molecule has 0 fully saturated rings. The molecule has 2 aromatic rings. The molecule has 0 unspecified atom stereocenters. The Hall–Kier alpha value is -0.870. The van der Waals surface area contributed by atoms with E-state index in [1.54, 1.807) is 0 Å². The van der Waals surface area contributed by atoms with Crippen molar-refractivity contribution in [2.75, 3.05) is 0 Å². The molecule has 3 nitrogen and oxygen atoms in total. The van der Waals surface area contributed by atoms with Crippen LogP contribution in [0.5, 0.6) is 0 Å². The van der Waals surface area contributed by atoms with Crippen LogP contribution in [0.4, 0.5) is 0 Å². The van der Waals surface area contributed by atoms with Crippen LogP contribution in [-0.4, -0.2) is 15.7 Å². The van der Waals surface area contributed by atoms with Crippen LogP contribution in [0.15, 0.2) is 22.7 Å². The summed E-state index contributed by atoms with van der Waals surface area (Å²) >= 11 is 3.46. The summed E-state index contributed by atoms with van der Waals surface area (Å²) in [7, 11) is 0. The lowest BCUT2D eigenvalue weighted by molar-refractivity contribution is 0.0153. The minimum atomic E-state index is 0.276. The molecule has 2 heterocycles. The highest BCUT2D eigenvalue weighted by molar-refractivity contribution is 9.10. The second-order valence-electron chi connectivity index (χ2n) is 3.89. The monoisotopic (exact) mass is 266 g/mol. The van der Waals surface area contributed by atoms with Crippen LogP contribution in [0.25, 0.3) is 11.0 Å². The molecule has 0 aliphatic carbocycles. The van der Waals surface area contributed by atoms with Crippen LogP contribution >= 0.6 is 15.9 Å². The van der Waals surface area contributed by atoms with Gasteiger partial charge in [0.25, 0.3) is 0 Å². The Labute approximate surface area is 96.2 Å². The Kier molecular flexibility index (Phi) is 2.07. The van der Waals surface area contributed by atoms with Gasteiger partial charge in [-0.1, -0.05) is 15.9 Å². The third-order valence-corrected chi connectivity index (χ3v) is 3.22. The summed E-state index contributed by atoms with van der Waals surface area (Å²) in [6, 6.07) is 6.21. The molecule has 4 heteroatoms. The summed E-state index contributed by atoms with van der Waals surface area (Å²) in [6.45, 7) is 3.61. The van der Waals surface area contributed by atoms with Gasteiger partial charge in [0, 0.05) is 4.47 Å². The van der Waals surface area contributed by atoms with E-state index in [0.717, 1.165) is 22.4 Å². The molecule has 1 aromatic heterocycles. The molecule has 0 saturated heterocycles. The van der Waals surface area contributed by atoms with Gasteiger partial charge in [0.1, 0.15) is 12.4 Å². The molecule has 15 heavy (non-hydrogen) atoms. The van der Waals surface area contributed by atoms with Gasteiger partial charge in [-0.3, -0.25) is 0 Å². The maximum atomic E-state index is 5.57. The number of rotatable bonds is 0. The molecule has 3 rings (SSSR count). The molecule has 0 N–H and O–H groups in total. The molecular weight excluding hydrogens is 256 g/mol. The highest BCUT2D eigenvalue weighted by Gasteiger charge is 2.18. The Balaban J connectivity index is 2.24. The van der Waals surface area contributed by atoms with Crippen molar-refractivity contribution in [1.82, 2.24) is 9.55 Å². The van der Waals surface area contributed by atoms with Gasteiger partial charge in [-0.2, -0.15) is 0 Å². The summed E-state index contributed by atoms with van der Waals surface area (Å²) in [4.78, 5) is 4.56. The summed E-state index contributed by atoms with van der Waals surface area (Å²) in [6.07, 6.45) is 0.276. The van der Waals surface area contributed by atoms with Crippen molar-refractivity contribution in [3.05, 3.63) is 28.5 Å². The number of hydrogen-bond donors (Lipinski definition) is 0. The molecule has 1 atom stereocenters. The zero-order valence-corrected chi connectivity index (χ0v) is 9.99. The Morgan fingerprint density at radius 1 is 1.53 bits per heavy atom. The van der Waals surface area contributed by atoms with Gasteiger partial charge < -0.3 is 9.30 Å². The first-order valence-electron chi connectivity index (χ1n) is 5.00. The van der Waals surface area contributed by atoms with Crippen molar-refractivity contribution in [2.45, 2.75) is 26.2 Å². The largest absolute Gasteiger partial charge is 0.369 e. The minimum Gasteiger partial charge on any atom is -0.369 e. The lowest BCUT2D eigenvalue weighted by Gasteiger charge is -2.21. The number of ether oxygens (including phenoxy) is 1. The molecule has 78 valence electrons. The van der Waals surface area contributed by atoms with E-state index in [2.05, 4.69) is 44.5 Å². The predicted molar refractivity (Wildman–Crippen MR) is 61.7 cm³/mol. The predicted octanol–water partition coefficient (Wildman–Crippen LogP) is 2.72. The summed E-state index contributed by atoms with van der Waals surface area (Å²) in [5.41, 5.74) is 2.24. The maximum absolute atomic E-state index is 5.57. The van der Waals surface area contributed by atoms with E-state index in [-0.39, 0.29) is 6.10 Å². The first-order valence-corrected chi connectivity index (χ1v) is 5.79. The van der Waals surface area contributed by atoms with Crippen molar-refractivity contribution in [3.63, 3.8) is 0 Å². The lowest BCUT2D eigenvalue weighted by Crippen LogP contribution is -2.24. The van der Waals surface area contributed by atoms with E-state index in [0.29, 0.717) is 6.61 Å². The summed E-state index contributed by atoms with van der Waals surface area (Å²) in [5.74, 6) is 1.03. The quantitative estimate of drug-likeness (QED) is 0.733. The summed E-state index contributed by atoms with van der Waals surface area (Å²) < 4.78 is 8.88. The van der Waals surface area contributed by atoms with Gasteiger partial charge in [0.2, 0.25) is 0 Å². The SMILES string of the molecule is C[C@H]1Cn2c(nc3cc(Br)ccc32)CO1. The summed E-state index contributed by atoms with van der Waals surface area (Å²) in [5, 5.41) is 0. The fourth-order valence-corrected chi connectivity index (χ4v) is 2.34. The fraction of sp³-hybridized carbons (Fsp3) is 0.364. The number of halogens is 1. The zero-order chi connectivity index (χ0) is 10.4. The highest BCUT2D eigenvalue weighted by Crippen LogP contribution is 2.24. The zero-order valence-electron chi connectivity index (χ0n) is 8.40. The fourth-order valence-electron chi connectivity index (χ4n) is 1.99. The van der Waals surface area contributed by atoms with E-state index in [1.165, 1.54) is 5.52 Å². The van der Waals surface area contributed by atoms with E-state index in [9.17, 15) is 0 Å². The third-order valence-electron chi connectivity index (χ3n) is 2.73.